The highest BCUT2D eigenvalue weighted by Crippen LogP contribution is 2.36. The smallest absolute Gasteiger partial charge is 0.251 e. The molecule has 1 N–H and O–H groups in total. The zero-order chi connectivity index (χ0) is 20.1. The molecule has 148 valence electrons. The number of benzene rings is 2. The first kappa shape index (κ1) is 20.2. The zero-order valence-electron chi connectivity index (χ0n) is 16.3. The Hall–Kier alpha value is -2.54. The van der Waals surface area contributed by atoms with Crippen LogP contribution in [-0.4, -0.2) is 35.7 Å². The molecular weight excluding hydrogens is 422 g/mol. The quantitative estimate of drug-likeness (QED) is 0.560. The van der Waals surface area contributed by atoms with Gasteiger partial charge in [0.25, 0.3) is 5.91 Å². The molecule has 28 heavy (non-hydrogen) atoms. The number of carbonyl (C=O) groups excluding carboxylic acids is 1. The molecule has 0 spiro atoms. The number of nitrogens with zero attached hydrogens (tertiary/aromatic N) is 2. The molecule has 0 saturated heterocycles. The van der Waals surface area contributed by atoms with Crippen molar-refractivity contribution in [2.75, 3.05) is 20.3 Å². The van der Waals surface area contributed by atoms with E-state index in [1.807, 2.05) is 38.1 Å². The number of nitrogens with one attached hydrogen (secondary N) is 1. The minimum absolute atomic E-state index is 0.164. The SMILES string of the molecule is CCCOc1c(Br)cc(C(=O)NCCn2c(C)nc3ccccc32)cc1OC. The summed E-state index contributed by atoms with van der Waals surface area (Å²) in [5, 5.41) is 2.97. The number of fused-ring (bicyclic) bond motifs is 1. The van der Waals surface area contributed by atoms with Gasteiger partial charge in [0.05, 0.1) is 29.2 Å². The maximum absolute atomic E-state index is 12.6. The normalized spacial score (nSPS) is 10.9. The van der Waals surface area contributed by atoms with Crippen molar-refractivity contribution in [1.29, 1.82) is 0 Å². The number of amides is 1. The molecular formula is C21H24BrN3O3. The Balaban J connectivity index is 1.69. The monoisotopic (exact) mass is 445 g/mol. The minimum Gasteiger partial charge on any atom is -0.493 e. The van der Waals surface area contributed by atoms with Crippen LogP contribution in [0, 0.1) is 6.92 Å². The van der Waals surface area contributed by atoms with Gasteiger partial charge in [0.1, 0.15) is 5.82 Å². The van der Waals surface area contributed by atoms with E-state index in [4.69, 9.17) is 9.47 Å². The second-order valence-corrected chi connectivity index (χ2v) is 7.25. The first-order valence-corrected chi connectivity index (χ1v) is 10.0. The minimum atomic E-state index is -0.164. The third-order valence-electron chi connectivity index (χ3n) is 4.41. The molecule has 1 heterocycles. The van der Waals surface area contributed by atoms with Gasteiger partial charge >= 0.3 is 0 Å². The van der Waals surface area contributed by atoms with Crippen LogP contribution < -0.4 is 14.8 Å². The Morgan fingerprint density at radius 3 is 2.82 bits per heavy atom. The largest absolute Gasteiger partial charge is 0.493 e. The summed E-state index contributed by atoms with van der Waals surface area (Å²) < 4.78 is 13.9. The van der Waals surface area contributed by atoms with Gasteiger partial charge < -0.3 is 19.4 Å². The third-order valence-corrected chi connectivity index (χ3v) is 5.00. The molecule has 1 amide bonds. The maximum atomic E-state index is 12.6. The number of halogens is 1. The Morgan fingerprint density at radius 1 is 1.29 bits per heavy atom. The number of hydrogen-bond acceptors (Lipinski definition) is 4. The lowest BCUT2D eigenvalue weighted by atomic mass is 10.2. The summed E-state index contributed by atoms with van der Waals surface area (Å²) in [5.41, 5.74) is 2.54. The lowest BCUT2D eigenvalue weighted by Gasteiger charge is -2.14. The summed E-state index contributed by atoms with van der Waals surface area (Å²) in [6.07, 6.45) is 0.889. The van der Waals surface area contributed by atoms with Crippen LogP contribution in [0.3, 0.4) is 0 Å². The topological polar surface area (TPSA) is 65.4 Å². The van der Waals surface area contributed by atoms with Gasteiger partial charge in [0, 0.05) is 18.7 Å². The summed E-state index contributed by atoms with van der Waals surface area (Å²) in [7, 11) is 1.56. The van der Waals surface area contributed by atoms with E-state index in [9.17, 15) is 4.79 Å². The number of hydrogen-bond donors (Lipinski definition) is 1. The van der Waals surface area contributed by atoms with E-state index >= 15 is 0 Å². The zero-order valence-corrected chi connectivity index (χ0v) is 17.9. The fraction of sp³-hybridized carbons (Fsp3) is 0.333. The summed E-state index contributed by atoms with van der Waals surface area (Å²) in [6.45, 7) is 5.73. The second kappa shape index (κ2) is 9.10. The van der Waals surface area contributed by atoms with Crippen LogP contribution in [0.25, 0.3) is 11.0 Å². The van der Waals surface area contributed by atoms with Crippen LogP contribution in [0.4, 0.5) is 0 Å². The summed E-state index contributed by atoms with van der Waals surface area (Å²) in [4.78, 5) is 17.2. The van der Waals surface area contributed by atoms with Crippen LogP contribution in [0.2, 0.25) is 0 Å². The van der Waals surface area contributed by atoms with Gasteiger partial charge in [-0.3, -0.25) is 4.79 Å². The van der Waals surface area contributed by atoms with Crippen molar-refractivity contribution in [1.82, 2.24) is 14.9 Å². The van der Waals surface area contributed by atoms with Gasteiger partial charge in [-0.25, -0.2) is 4.98 Å². The highest BCUT2D eigenvalue weighted by Gasteiger charge is 2.16. The van der Waals surface area contributed by atoms with Crippen LogP contribution >= 0.6 is 15.9 Å². The lowest BCUT2D eigenvalue weighted by Crippen LogP contribution is -2.27. The molecule has 3 aromatic rings. The number of rotatable bonds is 8. The number of carbonyl (C=O) groups is 1. The predicted molar refractivity (Wildman–Crippen MR) is 113 cm³/mol. The number of aryl methyl sites for hydroxylation is 1. The van der Waals surface area contributed by atoms with Crippen molar-refractivity contribution < 1.29 is 14.3 Å². The van der Waals surface area contributed by atoms with E-state index in [0.717, 1.165) is 23.3 Å². The van der Waals surface area contributed by atoms with E-state index < -0.39 is 0 Å². The van der Waals surface area contributed by atoms with Gasteiger partial charge in [0.15, 0.2) is 11.5 Å². The van der Waals surface area contributed by atoms with Crippen molar-refractivity contribution in [3.63, 3.8) is 0 Å². The molecule has 0 saturated carbocycles. The van der Waals surface area contributed by atoms with Crippen molar-refractivity contribution in [2.24, 2.45) is 0 Å². The van der Waals surface area contributed by atoms with E-state index in [-0.39, 0.29) is 5.91 Å². The van der Waals surface area contributed by atoms with Gasteiger partial charge in [-0.2, -0.15) is 0 Å². The maximum Gasteiger partial charge on any atom is 0.251 e. The number of ether oxygens (including phenoxy) is 2. The number of aromatic nitrogens is 2. The number of imidazole rings is 1. The lowest BCUT2D eigenvalue weighted by molar-refractivity contribution is 0.0952. The van der Waals surface area contributed by atoms with Crippen LogP contribution in [0.1, 0.15) is 29.5 Å². The highest BCUT2D eigenvalue weighted by molar-refractivity contribution is 9.10. The van der Waals surface area contributed by atoms with E-state index in [2.05, 4.69) is 30.8 Å². The molecule has 0 aliphatic heterocycles. The molecule has 0 radical (unpaired) electrons. The van der Waals surface area contributed by atoms with Crippen molar-refractivity contribution in [3.05, 3.63) is 52.3 Å². The van der Waals surface area contributed by atoms with Crippen molar-refractivity contribution in [2.45, 2.75) is 26.8 Å². The summed E-state index contributed by atoms with van der Waals surface area (Å²) in [5.74, 6) is 1.91. The van der Waals surface area contributed by atoms with Gasteiger partial charge in [-0.1, -0.05) is 19.1 Å². The number of methoxy groups -OCH3 is 1. The molecule has 0 fully saturated rings. The highest BCUT2D eigenvalue weighted by atomic mass is 79.9. The van der Waals surface area contributed by atoms with Crippen LogP contribution in [0.15, 0.2) is 40.9 Å². The van der Waals surface area contributed by atoms with E-state index in [1.165, 1.54) is 0 Å². The number of para-hydroxylation sites is 2. The average molecular weight is 446 g/mol. The molecule has 0 atom stereocenters. The Morgan fingerprint density at radius 2 is 2.07 bits per heavy atom. The van der Waals surface area contributed by atoms with Gasteiger partial charge in [0.2, 0.25) is 0 Å². The van der Waals surface area contributed by atoms with Crippen molar-refractivity contribution >= 4 is 32.9 Å². The summed E-state index contributed by atoms with van der Waals surface area (Å²) in [6, 6.07) is 11.4. The Kier molecular flexibility index (Phi) is 6.57. The average Bonchev–Trinajstić information content (AvgIpc) is 3.01. The van der Waals surface area contributed by atoms with E-state index in [0.29, 0.717) is 41.2 Å². The van der Waals surface area contributed by atoms with Gasteiger partial charge in [-0.05, 0) is 53.5 Å². The molecule has 0 unspecified atom stereocenters. The van der Waals surface area contributed by atoms with Crippen molar-refractivity contribution in [3.8, 4) is 11.5 Å². The Labute approximate surface area is 173 Å². The fourth-order valence-electron chi connectivity index (χ4n) is 3.06. The molecule has 2 aromatic carbocycles. The fourth-order valence-corrected chi connectivity index (χ4v) is 3.61. The molecule has 3 rings (SSSR count). The Bertz CT molecular complexity index is 984. The van der Waals surface area contributed by atoms with Crippen LogP contribution in [0.5, 0.6) is 11.5 Å². The molecule has 0 aliphatic rings. The van der Waals surface area contributed by atoms with Crippen LogP contribution in [-0.2, 0) is 6.54 Å². The third kappa shape index (κ3) is 4.30. The molecule has 0 bridgehead atoms. The molecule has 1 aromatic heterocycles. The first-order chi connectivity index (χ1) is 13.5. The molecule has 6 nitrogen and oxygen atoms in total. The van der Waals surface area contributed by atoms with Gasteiger partial charge in [-0.15, -0.1) is 0 Å². The standard InChI is InChI=1S/C21H24BrN3O3/c1-4-11-28-20-16(22)12-15(13-19(20)27-3)21(26)23-9-10-25-14(2)24-17-7-5-6-8-18(17)25/h5-8,12-13H,4,9-11H2,1-3H3,(H,23,26). The second-order valence-electron chi connectivity index (χ2n) is 6.39. The summed E-state index contributed by atoms with van der Waals surface area (Å²) >= 11 is 3.48. The molecule has 0 aliphatic carbocycles. The predicted octanol–water partition coefficient (Wildman–Crippen LogP) is 4.33. The van der Waals surface area contributed by atoms with E-state index in [1.54, 1.807) is 19.2 Å². The first-order valence-electron chi connectivity index (χ1n) is 9.25. The molecule has 7 heteroatoms.